The first-order chi connectivity index (χ1) is 7.69. The number of hydrazine groups is 1. The molecule has 1 saturated heterocycles. The van der Waals surface area contributed by atoms with Gasteiger partial charge < -0.3 is 4.74 Å². The van der Waals surface area contributed by atoms with Gasteiger partial charge in [-0.15, -0.1) is 10.2 Å². The van der Waals surface area contributed by atoms with E-state index in [-0.39, 0.29) is 6.10 Å². The fourth-order valence-corrected chi connectivity index (χ4v) is 2.42. The van der Waals surface area contributed by atoms with Gasteiger partial charge in [-0.05, 0) is 13.8 Å². The highest BCUT2D eigenvalue weighted by Crippen LogP contribution is 2.19. The third kappa shape index (κ3) is 2.67. The van der Waals surface area contributed by atoms with Crippen molar-refractivity contribution < 1.29 is 4.74 Å². The number of hydrogen-bond donors (Lipinski definition) is 2. The number of hydrogen-bond acceptors (Lipinski definition) is 7. The molecule has 2 heterocycles. The molecule has 0 spiro atoms. The van der Waals surface area contributed by atoms with E-state index < -0.39 is 0 Å². The van der Waals surface area contributed by atoms with Crippen molar-refractivity contribution in [3.63, 3.8) is 0 Å². The van der Waals surface area contributed by atoms with Gasteiger partial charge in [0.05, 0.1) is 19.3 Å². The number of aromatic nitrogens is 2. The summed E-state index contributed by atoms with van der Waals surface area (Å²) in [6.45, 7) is 6.78. The van der Waals surface area contributed by atoms with Crippen molar-refractivity contribution >= 4 is 16.5 Å². The molecule has 6 nitrogen and oxygen atoms in total. The molecule has 0 radical (unpaired) electrons. The molecule has 2 unspecified atom stereocenters. The zero-order valence-electron chi connectivity index (χ0n) is 9.51. The predicted molar refractivity (Wildman–Crippen MR) is 63.0 cm³/mol. The fraction of sp³-hybridized carbons (Fsp3) is 0.778. The molecular weight excluding hydrogens is 226 g/mol. The van der Waals surface area contributed by atoms with Gasteiger partial charge in [-0.2, -0.15) is 0 Å². The molecule has 2 rings (SSSR count). The maximum absolute atomic E-state index is 5.58. The third-order valence-electron chi connectivity index (χ3n) is 2.67. The van der Waals surface area contributed by atoms with Crippen LogP contribution in [0.25, 0.3) is 0 Å². The Bertz CT molecular complexity index is 344. The highest BCUT2D eigenvalue weighted by molar-refractivity contribution is 7.15. The second-order valence-electron chi connectivity index (χ2n) is 4.07. The first kappa shape index (κ1) is 11.7. The van der Waals surface area contributed by atoms with Crippen molar-refractivity contribution in [2.75, 3.05) is 18.6 Å². The lowest BCUT2D eigenvalue weighted by atomic mass is 10.2. The van der Waals surface area contributed by atoms with Crippen LogP contribution in [0.2, 0.25) is 0 Å². The van der Waals surface area contributed by atoms with Crippen LogP contribution in [-0.4, -0.2) is 40.4 Å². The van der Waals surface area contributed by atoms with Crippen LogP contribution in [0.15, 0.2) is 0 Å². The largest absolute Gasteiger partial charge is 0.376 e. The second-order valence-corrected chi connectivity index (χ2v) is 5.13. The molecule has 0 amide bonds. The quantitative estimate of drug-likeness (QED) is 0.592. The van der Waals surface area contributed by atoms with Crippen molar-refractivity contribution in [1.29, 1.82) is 0 Å². The number of nitrogens with zero attached hydrogens (tertiary/aromatic N) is 3. The molecule has 1 fully saturated rings. The summed E-state index contributed by atoms with van der Waals surface area (Å²) in [7, 11) is 0. The molecule has 90 valence electrons. The van der Waals surface area contributed by atoms with E-state index in [0.717, 1.165) is 24.7 Å². The summed E-state index contributed by atoms with van der Waals surface area (Å²) in [6, 6.07) is 0.425. The minimum atomic E-state index is 0.288. The molecule has 1 aliphatic heterocycles. The van der Waals surface area contributed by atoms with Crippen molar-refractivity contribution in [3.05, 3.63) is 5.01 Å². The minimum absolute atomic E-state index is 0.288. The second kappa shape index (κ2) is 5.05. The average molecular weight is 243 g/mol. The van der Waals surface area contributed by atoms with Crippen LogP contribution in [-0.2, 0) is 11.3 Å². The topological polar surface area (TPSA) is 76.3 Å². The Hall–Kier alpha value is -0.760. The minimum Gasteiger partial charge on any atom is -0.376 e. The van der Waals surface area contributed by atoms with Crippen molar-refractivity contribution in [2.24, 2.45) is 5.84 Å². The normalized spacial score (nSPS) is 26.9. The Balaban J connectivity index is 1.97. The summed E-state index contributed by atoms with van der Waals surface area (Å²) in [5.41, 5.74) is 2.51. The summed E-state index contributed by atoms with van der Waals surface area (Å²) in [5, 5.41) is 9.64. The van der Waals surface area contributed by atoms with Crippen LogP contribution in [0.5, 0.6) is 0 Å². The standard InChI is InChI=1S/C9H17N5OS/c1-6-5-15-7(2)3-14(6)4-8-12-13-9(11-10)16-8/h6-7H,3-5,10H2,1-2H3,(H,11,13). The Morgan fingerprint density at radius 3 is 3.06 bits per heavy atom. The fourth-order valence-electron chi connectivity index (χ4n) is 1.74. The molecule has 1 aliphatic rings. The van der Waals surface area contributed by atoms with Crippen molar-refractivity contribution in [2.45, 2.75) is 32.5 Å². The predicted octanol–water partition coefficient (Wildman–Crippen LogP) is 0.433. The van der Waals surface area contributed by atoms with Crippen LogP contribution in [0.4, 0.5) is 5.13 Å². The zero-order valence-corrected chi connectivity index (χ0v) is 10.3. The summed E-state index contributed by atoms with van der Waals surface area (Å²) in [5.74, 6) is 5.27. The lowest BCUT2D eigenvalue weighted by Gasteiger charge is -2.36. The molecule has 16 heavy (non-hydrogen) atoms. The third-order valence-corrected chi connectivity index (χ3v) is 3.50. The van der Waals surface area contributed by atoms with E-state index in [1.807, 2.05) is 0 Å². The smallest absolute Gasteiger partial charge is 0.219 e. The van der Waals surface area contributed by atoms with Crippen LogP contribution in [0, 0.1) is 0 Å². The van der Waals surface area contributed by atoms with E-state index in [0.29, 0.717) is 11.2 Å². The highest BCUT2D eigenvalue weighted by atomic mass is 32.1. The summed E-state index contributed by atoms with van der Waals surface area (Å²) < 4.78 is 5.58. The van der Waals surface area contributed by atoms with Gasteiger partial charge in [0.1, 0.15) is 5.01 Å². The van der Waals surface area contributed by atoms with Crippen LogP contribution >= 0.6 is 11.3 Å². The van der Waals surface area contributed by atoms with Gasteiger partial charge in [-0.1, -0.05) is 11.3 Å². The van der Waals surface area contributed by atoms with E-state index in [9.17, 15) is 0 Å². The van der Waals surface area contributed by atoms with Crippen LogP contribution in [0.3, 0.4) is 0 Å². The molecular formula is C9H17N5OS. The molecule has 0 aliphatic carbocycles. The van der Waals surface area contributed by atoms with Gasteiger partial charge in [0.2, 0.25) is 5.13 Å². The molecule has 0 saturated carbocycles. The van der Waals surface area contributed by atoms with Gasteiger partial charge in [0.15, 0.2) is 0 Å². The van der Waals surface area contributed by atoms with Gasteiger partial charge in [0, 0.05) is 12.6 Å². The first-order valence-corrected chi connectivity index (χ1v) is 6.15. The molecule has 1 aromatic rings. The van der Waals surface area contributed by atoms with E-state index in [2.05, 4.69) is 34.4 Å². The molecule has 1 aromatic heterocycles. The van der Waals surface area contributed by atoms with E-state index in [4.69, 9.17) is 10.6 Å². The number of rotatable bonds is 3. The number of nitrogens with one attached hydrogen (secondary N) is 1. The Morgan fingerprint density at radius 1 is 1.56 bits per heavy atom. The highest BCUT2D eigenvalue weighted by Gasteiger charge is 2.24. The van der Waals surface area contributed by atoms with E-state index in [1.54, 1.807) is 0 Å². The Labute approximate surface area is 98.8 Å². The number of ether oxygens (including phenoxy) is 1. The molecule has 0 aromatic carbocycles. The Kier molecular flexibility index (Phi) is 3.70. The van der Waals surface area contributed by atoms with E-state index in [1.165, 1.54) is 11.3 Å². The van der Waals surface area contributed by atoms with Crippen molar-refractivity contribution in [3.8, 4) is 0 Å². The molecule has 3 N–H and O–H groups in total. The van der Waals surface area contributed by atoms with Crippen molar-refractivity contribution in [1.82, 2.24) is 15.1 Å². The monoisotopic (exact) mass is 243 g/mol. The first-order valence-electron chi connectivity index (χ1n) is 5.33. The number of morpholine rings is 1. The molecule has 0 bridgehead atoms. The average Bonchev–Trinajstić information content (AvgIpc) is 2.71. The zero-order chi connectivity index (χ0) is 11.5. The van der Waals surface area contributed by atoms with Gasteiger partial charge >= 0.3 is 0 Å². The molecule has 2 atom stereocenters. The van der Waals surface area contributed by atoms with E-state index >= 15 is 0 Å². The number of nitrogen functional groups attached to an aromatic ring is 1. The van der Waals surface area contributed by atoms with Gasteiger partial charge in [0.25, 0.3) is 0 Å². The van der Waals surface area contributed by atoms with Crippen LogP contribution < -0.4 is 11.3 Å². The lowest BCUT2D eigenvalue weighted by Crippen LogP contribution is -2.46. The summed E-state index contributed by atoms with van der Waals surface area (Å²) in [4.78, 5) is 2.36. The Morgan fingerprint density at radius 2 is 2.38 bits per heavy atom. The summed E-state index contributed by atoms with van der Waals surface area (Å²) in [6.07, 6.45) is 0.288. The lowest BCUT2D eigenvalue weighted by molar-refractivity contribution is -0.0527. The molecule has 7 heteroatoms. The van der Waals surface area contributed by atoms with Crippen LogP contribution in [0.1, 0.15) is 18.9 Å². The maximum atomic E-state index is 5.58. The van der Waals surface area contributed by atoms with Gasteiger partial charge in [-0.25, -0.2) is 5.84 Å². The van der Waals surface area contributed by atoms with Gasteiger partial charge in [-0.3, -0.25) is 10.3 Å². The SMILES string of the molecule is CC1CN(Cc2nnc(NN)s2)C(C)CO1. The number of anilines is 1. The number of nitrogens with two attached hydrogens (primary N) is 1. The summed E-state index contributed by atoms with van der Waals surface area (Å²) >= 11 is 1.49. The maximum Gasteiger partial charge on any atom is 0.219 e.